The number of imidazole rings is 1. The van der Waals surface area contributed by atoms with E-state index in [0.717, 1.165) is 16.6 Å². The maximum Gasteiger partial charge on any atom is 0.234 e. The Morgan fingerprint density at radius 2 is 2.29 bits per heavy atom. The van der Waals surface area contributed by atoms with E-state index in [1.165, 1.54) is 0 Å². The second kappa shape index (κ2) is 4.97. The molecule has 0 saturated heterocycles. The Morgan fingerprint density at radius 1 is 1.47 bits per heavy atom. The number of aromatic amines is 1. The van der Waals surface area contributed by atoms with Crippen molar-refractivity contribution in [1.82, 2.24) is 20.2 Å². The van der Waals surface area contributed by atoms with Gasteiger partial charge < -0.3 is 15.2 Å². The number of carbonyl (C=O) groups excluding carboxylic acids is 1. The zero-order valence-corrected chi connectivity index (χ0v) is 10.0. The number of rotatable bonds is 4. The number of benzene rings is 1. The molecule has 0 aliphatic heterocycles. The molecule has 0 atom stereocenters. The third kappa shape index (κ3) is 3.04. The van der Waals surface area contributed by atoms with Crippen LogP contribution >= 0.6 is 0 Å². The van der Waals surface area contributed by atoms with E-state index in [1.807, 2.05) is 37.2 Å². The Balaban J connectivity index is 1.96. The van der Waals surface area contributed by atoms with Gasteiger partial charge in [-0.1, -0.05) is 6.07 Å². The lowest BCUT2D eigenvalue weighted by Crippen LogP contribution is -2.32. The molecule has 0 saturated carbocycles. The summed E-state index contributed by atoms with van der Waals surface area (Å²) in [6.07, 6.45) is 1.67. The van der Waals surface area contributed by atoms with Gasteiger partial charge in [-0.3, -0.25) is 4.79 Å². The van der Waals surface area contributed by atoms with E-state index in [-0.39, 0.29) is 5.91 Å². The first-order valence-corrected chi connectivity index (χ1v) is 5.48. The molecule has 0 aliphatic carbocycles. The van der Waals surface area contributed by atoms with Crippen LogP contribution in [0.25, 0.3) is 11.0 Å². The quantitative estimate of drug-likeness (QED) is 0.817. The van der Waals surface area contributed by atoms with E-state index >= 15 is 0 Å². The van der Waals surface area contributed by atoms with Crippen molar-refractivity contribution in [3.63, 3.8) is 0 Å². The van der Waals surface area contributed by atoms with Gasteiger partial charge in [-0.25, -0.2) is 4.98 Å². The summed E-state index contributed by atoms with van der Waals surface area (Å²) in [5.41, 5.74) is 2.99. The van der Waals surface area contributed by atoms with E-state index in [9.17, 15) is 4.79 Å². The molecule has 2 aromatic rings. The second-order valence-corrected chi connectivity index (χ2v) is 4.27. The predicted molar refractivity (Wildman–Crippen MR) is 66.5 cm³/mol. The lowest BCUT2D eigenvalue weighted by molar-refractivity contribution is -0.121. The van der Waals surface area contributed by atoms with Gasteiger partial charge in [0, 0.05) is 6.54 Å². The first-order chi connectivity index (χ1) is 8.15. The number of carbonyl (C=O) groups is 1. The molecule has 0 bridgehead atoms. The van der Waals surface area contributed by atoms with Crippen LogP contribution in [0.5, 0.6) is 0 Å². The molecule has 0 fully saturated rings. The molecule has 1 amide bonds. The zero-order chi connectivity index (χ0) is 12.3. The maximum absolute atomic E-state index is 11.5. The Kier molecular flexibility index (Phi) is 3.39. The van der Waals surface area contributed by atoms with Crippen molar-refractivity contribution in [2.24, 2.45) is 0 Å². The molecule has 2 rings (SSSR count). The standard InChI is InChI=1S/C12H16N4O/c1-16(2)7-12(17)13-6-9-3-4-10-11(5-9)15-8-14-10/h3-5,8H,6-7H2,1-2H3,(H,13,17)(H,14,15). The Morgan fingerprint density at radius 3 is 3.06 bits per heavy atom. The smallest absolute Gasteiger partial charge is 0.234 e. The Hall–Kier alpha value is -1.88. The largest absolute Gasteiger partial charge is 0.351 e. The number of aromatic nitrogens is 2. The average molecular weight is 232 g/mol. The topological polar surface area (TPSA) is 61.0 Å². The SMILES string of the molecule is CN(C)CC(=O)NCc1ccc2nc[nH]c2c1. The fourth-order valence-corrected chi connectivity index (χ4v) is 1.64. The van der Waals surface area contributed by atoms with Crippen LogP contribution in [0, 0.1) is 0 Å². The van der Waals surface area contributed by atoms with Gasteiger partial charge in [-0.15, -0.1) is 0 Å². The van der Waals surface area contributed by atoms with Crippen molar-refractivity contribution in [1.29, 1.82) is 0 Å². The summed E-state index contributed by atoms with van der Waals surface area (Å²) < 4.78 is 0. The fourth-order valence-electron chi connectivity index (χ4n) is 1.64. The predicted octanol–water partition coefficient (Wildman–Crippen LogP) is 0.741. The Bertz CT molecular complexity index is 518. The van der Waals surface area contributed by atoms with E-state index in [0.29, 0.717) is 13.1 Å². The fraction of sp³-hybridized carbons (Fsp3) is 0.333. The summed E-state index contributed by atoms with van der Waals surface area (Å²) in [4.78, 5) is 20.5. The minimum absolute atomic E-state index is 0.0275. The molecule has 5 nitrogen and oxygen atoms in total. The summed E-state index contributed by atoms with van der Waals surface area (Å²) >= 11 is 0. The summed E-state index contributed by atoms with van der Waals surface area (Å²) in [6, 6.07) is 5.91. The van der Waals surface area contributed by atoms with Crippen molar-refractivity contribution < 1.29 is 4.79 Å². The third-order valence-corrected chi connectivity index (χ3v) is 2.43. The third-order valence-electron chi connectivity index (χ3n) is 2.43. The highest BCUT2D eigenvalue weighted by Crippen LogP contribution is 2.11. The highest BCUT2D eigenvalue weighted by Gasteiger charge is 2.03. The number of hydrogen-bond donors (Lipinski definition) is 2. The summed E-state index contributed by atoms with van der Waals surface area (Å²) in [5, 5.41) is 2.87. The highest BCUT2D eigenvalue weighted by atomic mass is 16.1. The molecule has 0 aliphatic rings. The molecule has 0 spiro atoms. The maximum atomic E-state index is 11.5. The van der Waals surface area contributed by atoms with Crippen LogP contribution < -0.4 is 5.32 Å². The van der Waals surface area contributed by atoms with Crippen LogP contribution in [0.4, 0.5) is 0 Å². The minimum atomic E-state index is 0.0275. The van der Waals surface area contributed by atoms with Crippen LogP contribution in [-0.2, 0) is 11.3 Å². The van der Waals surface area contributed by atoms with Crippen LogP contribution in [0.15, 0.2) is 24.5 Å². The molecule has 0 unspecified atom stereocenters. The molecular formula is C12H16N4O. The zero-order valence-electron chi connectivity index (χ0n) is 10.0. The number of H-pyrrole nitrogens is 1. The van der Waals surface area contributed by atoms with Crippen molar-refractivity contribution in [2.75, 3.05) is 20.6 Å². The molecule has 1 aromatic carbocycles. The minimum Gasteiger partial charge on any atom is -0.351 e. The lowest BCUT2D eigenvalue weighted by Gasteiger charge is -2.10. The average Bonchev–Trinajstić information content (AvgIpc) is 2.72. The van der Waals surface area contributed by atoms with Crippen LogP contribution in [0.3, 0.4) is 0 Å². The van der Waals surface area contributed by atoms with Gasteiger partial charge in [-0.05, 0) is 31.8 Å². The first kappa shape index (κ1) is 11.6. The van der Waals surface area contributed by atoms with Crippen molar-refractivity contribution in [2.45, 2.75) is 6.54 Å². The molecule has 1 heterocycles. The first-order valence-electron chi connectivity index (χ1n) is 5.48. The Labute approximate surface area is 99.8 Å². The van der Waals surface area contributed by atoms with Crippen LogP contribution in [0.2, 0.25) is 0 Å². The number of nitrogens with zero attached hydrogens (tertiary/aromatic N) is 2. The monoisotopic (exact) mass is 232 g/mol. The number of amides is 1. The number of nitrogens with one attached hydrogen (secondary N) is 2. The molecule has 0 radical (unpaired) electrons. The molecule has 1 aromatic heterocycles. The van der Waals surface area contributed by atoms with Gasteiger partial charge in [-0.2, -0.15) is 0 Å². The summed E-state index contributed by atoms with van der Waals surface area (Å²) in [5.74, 6) is 0.0275. The number of likely N-dealkylation sites (N-methyl/N-ethyl adjacent to an activating group) is 1. The van der Waals surface area contributed by atoms with Crippen LogP contribution in [-0.4, -0.2) is 41.4 Å². The normalized spacial score (nSPS) is 11.0. The lowest BCUT2D eigenvalue weighted by atomic mass is 10.2. The van der Waals surface area contributed by atoms with Crippen molar-refractivity contribution >= 4 is 16.9 Å². The second-order valence-electron chi connectivity index (χ2n) is 4.27. The van der Waals surface area contributed by atoms with Gasteiger partial charge >= 0.3 is 0 Å². The molecule has 5 heteroatoms. The van der Waals surface area contributed by atoms with E-state index < -0.39 is 0 Å². The van der Waals surface area contributed by atoms with Gasteiger partial charge in [0.05, 0.1) is 23.9 Å². The van der Waals surface area contributed by atoms with Gasteiger partial charge in [0.2, 0.25) is 5.91 Å². The number of fused-ring (bicyclic) bond motifs is 1. The highest BCUT2D eigenvalue weighted by molar-refractivity contribution is 5.78. The summed E-state index contributed by atoms with van der Waals surface area (Å²) in [6.45, 7) is 0.952. The van der Waals surface area contributed by atoms with E-state index in [2.05, 4.69) is 15.3 Å². The van der Waals surface area contributed by atoms with E-state index in [1.54, 1.807) is 6.33 Å². The van der Waals surface area contributed by atoms with Crippen molar-refractivity contribution in [3.05, 3.63) is 30.1 Å². The summed E-state index contributed by atoms with van der Waals surface area (Å²) in [7, 11) is 3.74. The van der Waals surface area contributed by atoms with Crippen LogP contribution in [0.1, 0.15) is 5.56 Å². The number of hydrogen-bond acceptors (Lipinski definition) is 3. The molecule has 2 N–H and O–H groups in total. The van der Waals surface area contributed by atoms with Gasteiger partial charge in [0.15, 0.2) is 0 Å². The van der Waals surface area contributed by atoms with Gasteiger partial charge in [0.25, 0.3) is 0 Å². The van der Waals surface area contributed by atoms with E-state index in [4.69, 9.17) is 0 Å². The molecular weight excluding hydrogens is 216 g/mol. The molecule has 90 valence electrons. The van der Waals surface area contributed by atoms with Crippen molar-refractivity contribution in [3.8, 4) is 0 Å². The van der Waals surface area contributed by atoms with Gasteiger partial charge in [0.1, 0.15) is 0 Å². The molecule has 17 heavy (non-hydrogen) atoms.